The maximum atomic E-state index is 10.1. The van der Waals surface area contributed by atoms with Gasteiger partial charge >= 0.3 is 0 Å². The van der Waals surface area contributed by atoms with E-state index in [1.165, 1.54) is 0 Å². The molecular formula is C9H17NO2. The number of ether oxygens (including phenoxy) is 1. The molecule has 0 radical (unpaired) electrons. The van der Waals surface area contributed by atoms with E-state index in [0.29, 0.717) is 12.5 Å². The molecule has 0 saturated heterocycles. The molecule has 1 aliphatic rings. The van der Waals surface area contributed by atoms with E-state index in [1.54, 1.807) is 0 Å². The van der Waals surface area contributed by atoms with Crippen LogP contribution in [0.2, 0.25) is 0 Å². The van der Waals surface area contributed by atoms with Crippen LogP contribution in [-0.4, -0.2) is 29.3 Å². The monoisotopic (exact) mass is 171 g/mol. The van der Waals surface area contributed by atoms with Crippen LogP contribution >= 0.6 is 0 Å². The highest BCUT2D eigenvalue weighted by Crippen LogP contribution is 2.25. The van der Waals surface area contributed by atoms with Crippen molar-refractivity contribution < 1.29 is 9.84 Å². The minimum Gasteiger partial charge on any atom is -0.479 e. The van der Waals surface area contributed by atoms with Gasteiger partial charge in [0.25, 0.3) is 0 Å². The number of hydrogen-bond donors (Lipinski definition) is 1. The van der Waals surface area contributed by atoms with E-state index in [1.807, 2.05) is 20.8 Å². The van der Waals surface area contributed by atoms with Crippen molar-refractivity contribution >= 4 is 5.90 Å². The van der Waals surface area contributed by atoms with Crippen molar-refractivity contribution in [2.45, 2.75) is 45.3 Å². The highest BCUT2D eigenvalue weighted by Gasteiger charge is 2.36. The second-order valence-electron chi connectivity index (χ2n) is 3.29. The van der Waals surface area contributed by atoms with Gasteiger partial charge in [0.1, 0.15) is 12.6 Å². The minimum absolute atomic E-state index is 0.0625. The van der Waals surface area contributed by atoms with Crippen molar-refractivity contribution in [3.05, 3.63) is 0 Å². The van der Waals surface area contributed by atoms with Crippen molar-refractivity contribution in [1.29, 1.82) is 0 Å². The fraction of sp³-hybridized carbons (Fsp3) is 0.889. The average Bonchev–Trinajstić information content (AvgIpc) is 2.51. The van der Waals surface area contributed by atoms with Crippen LogP contribution < -0.4 is 0 Å². The number of aliphatic hydroxyl groups is 1. The van der Waals surface area contributed by atoms with Gasteiger partial charge in [-0.2, -0.15) is 0 Å². The summed E-state index contributed by atoms with van der Waals surface area (Å²) in [5, 5.41) is 10.1. The molecule has 0 aromatic heterocycles. The average molecular weight is 171 g/mol. The molecule has 1 rings (SSSR count). The summed E-state index contributed by atoms with van der Waals surface area (Å²) in [7, 11) is 0. The zero-order valence-electron chi connectivity index (χ0n) is 8.00. The molecule has 3 nitrogen and oxygen atoms in total. The molecule has 0 spiro atoms. The van der Waals surface area contributed by atoms with Crippen LogP contribution in [0.4, 0.5) is 0 Å². The predicted octanol–water partition coefficient (Wildman–Crippen LogP) is 1.35. The Kier molecular flexibility index (Phi) is 2.73. The van der Waals surface area contributed by atoms with Gasteiger partial charge in [0.2, 0.25) is 0 Å². The van der Waals surface area contributed by atoms with E-state index in [0.717, 1.165) is 12.8 Å². The first kappa shape index (κ1) is 9.52. The van der Waals surface area contributed by atoms with Crippen LogP contribution in [0.5, 0.6) is 0 Å². The van der Waals surface area contributed by atoms with Crippen LogP contribution in [-0.2, 0) is 4.74 Å². The smallest absolute Gasteiger partial charge is 0.180 e. The lowest BCUT2D eigenvalue weighted by Crippen LogP contribution is -2.40. The summed E-state index contributed by atoms with van der Waals surface area (Å²) >= 11 is 0. The molecule has 0 amide bonds. The molecule has 0 aromatic rings. The van der Waals surface area contributed by atoms with Gasteiger partial charge in [0, 0.05) is 6.92 Å². The lowest BCUT2D eigenvalue weighted by atomic mass is 9.90. The first-order valence-corrected chi connectivity index (χ1v) is 4.52. The molecule has 0 bridgehead atoms. The van der Waals surface area contributed by atoms with E-state index in [9.17, 15) is 5.11 Å². The molecule has 70 valence electrons. The minimum atomic E-state index is -0.669. The fourth-order valence-corrected chi connectivity index (χ4v) is 1.49. The third-order valence-electron chi connectivity index (χ3n) is 2.63. The van der Waals surface area contributed by atoms with Crippen LogP contribution in [0, 0.1) is 0 Å². The van der Waals surface area contributed by atoms with Gasteiger partial charge in [-0.3, -0.25) is 0 Å². The molecule has 0 aliphatic carbocycles. The molecule has 0 saturated carbocycles. The normalized spacial score (nSPS) is 23.7. The van der Waals surface area contributed by atoms with Crippen molar-refractivity contribution in [3.63, 3.8) is 0 Å². The summed E-state index contributed by atoms with van der Waals surface area (Å²) in [5.74, 6) is 0.695. The Labute approximate surface area is 73.5 Å². The van der Waals surface area contributed by atoms with Gasteiger partial charge in [-0.15, -0.1) is 0 Å². The Morgan fingerprint density at radius 2 is 2.17 bits per heavy atom. The van der Waals surface area contributed by atoms with Crippen LogP contribution in [0.3, 0.4) is 0 Å². The first-order chi connectivity index (χ1) is 5.62. The van der Waals surface area contributed by atoms with Crippen LogP contribution in [0.1, 0.15) is 33.6 Å². The topological polar surface area (TPSA) is 41.8 Å². The maximum absolute atomic E-state index is 10.1. The SMILES string of the molecule is CCC(O)(CC)C1COC(C)=N1. The summed E-state index contributed by atoms with van der Waals surface area (Å²) < 4.78 is 5.21. The van der Waals surface area contributed by atoms with Gasteiger partial charge in [0.05, 0.1) is 5.60 Å². The Bertz CT molecular complexity index is 185. The van der Waals surface area contributed by atoms with Gasteiger partial charge in [-0.25, -0.2) is 4.99 Å². The molecular weight excluding hydrogens is 154 g/mol. The lowest BCUT2D eigenvalue weighted by molar-refractivity contribution is 0.000522. The Morgan fingerprint density at radius 3 is 2.50 bits per heavy atom. The number of rotatable bonds is 3. The van der Waals surface area contributed by atoms with E-state index >= 15 is 0 Å². The Balaban J connectivity index is 2.68. The van der Waals surface area contributed by atoms with Gasteiger partial charge in [-0.05, 0) is 12.8 Å². The highest BCUT2D eigenvalue weighted by atomic mass is 16.5. The molecule has 1 atom stereocenters. The number of aliphatic imine (C=N–C) groups is 1. The summed E-state index contributed by atoms with van der Waals surface area (Å²) in [6.45, 7) is 6.31. The molecule has 12 heavy (non-hydrogen) atoms. The molecule has 0 aromatic carbocycles. The highest BCUT2D eigenvalue weighted by molar-refractivity contribution is 5.74. The number of hydrogen-bond acceptors (Lipinski definition) is 3. The summed E-state index contributed by atoms with van der Waals surface area (Å²) in [6.07, 6.45) is 1.46. The molecule has 1 N–H and O–H groups in total. The number of nitrogens with zero attached hydrogens (tertiary/aromatic N) is 1. The first-order valence-electron chi connectivity index (χ1n) is 4.52. The largest absolute Gasteiger partial charge is 0.479 e. The lowest BCUT2D eigenvalue weighted by Gasteiger charge is -2.28. The predicted molar refractivity (Wildman–Crippen MR) is 48.4 cm³/mol. The third kappa shape index (κ3) is 1.61. The second kappa shape index (κ2) is 3.44. The third-order valence-corrected chi connectivity index (χ3v) is 2.63. The summed E-state index contributed by atoms with van der Waals surface area (Å²) in [6, 6.07) is -0.0625. The maximum Gasteiger partial charge on any atom is 0.180 e. The van der Waals surface area contributed by atoms with E-state index in [2.05, 4.69) is 4.99 Å². The van der Waals surface area contributed by atoms with Crippen LogP contribution in [0.15, 0.2) is 4.99 Å². The quantitative estimate of drug-likeness (QED) is 0.696. The second-order valence-corrected chi connectivity index (χ2v) is 3.29. The summed E-state index contributed by atoms with van der Waals surface area (Å²) in [4.78, 5) is 4.25. The standard InChI is InChI=1S/C9H17NO2/c1-4-9(11,5-2)8-6-12-7(3)10-8/h8,11H,4-6H2,1-3H3. The van der Waals surface area contributed by atoms with Crippen molar-refractivity contribution in [2.24, 2.45) is 4.99 Å². The van der Waals surface area contributed by atoms with Crippen molar-refractivity contribution in [2.75, 3.05) is 6.61 Å². The molecule has 0 fully saturated rings. The molecule has 1 heterocycles. The van der Waals surface area contributed by atoms with Crippen molar-refractivity contribution in [3.8, 4) is 0 Å². The molecule has 3 heteroatoms. The van der Waals surface area contributed by atoms with Crippen molar-refractivity contribution in [1.82, 2.24) is 0 Å². The Morgan fingerprint density at radius 1 is 1.58 bits per heavy atom. The van der Waals surface area contributed by atoms with Crippen LogP contribution in [0.25, 0.3) is 0 Å². The van der Waals surface area contributed by atoms with E-state index in [-0.39, 0.29) is 6.04 Å². The zero-order valence-corrected chi connectivity index (χ0v) is 8.00. The molecule has 1 unspecified atom stereocenters. The van der Waals surface area contributed by atoms with E-state index < -0.39 is 5.60 Å². The summed E-state index contributed by atoms with van der Waals surface area (Å²) in [5.41, 5.74) is -0.669. The molecule has 1 aliphatic heterocycles. The van der Waals surface area contributed by atoms with E-state index in [4.69, 9.17) is 4.74 Å². The Hall–Kier alpha value is -0.570. The fourth-order valence-electron chi connectivity index (χ4n) is 1.49. The van der Waals surface area contributed by atoms with Gasteiger partial charge in [-0.1, -0.05) is 13.8 Å². The van der Waals surface area contributed by atoms with Gasteiger partial charge in [0.15, 0.2) is 5.90 Å². The zero-order chi connectivity index (χ0) is 9.19. The van der Waals surface area contributed by atoms with Gasteiger partial charge < -0.3 is 9.84 Å².